The molecule has 0 saturated carbocycles. The Kier molecular flexibility index (Phi) is 6.47. The number of allylic oxidation sites excluding steroid dienone is 3. The predicted molar refractivity (Wildman–Crippen MR) is 149 cm³/mol. The molecule has 1 amide bonds. The Hall–Kier alpha value is -5.04. The standard InChI is InChI=1S/C32H26N2O5/c35-31(33-25-17-23-5-1-4-8-29(23)39-20-25)24-13-14-28-30(18-24)38-16-15-34(28)19-21-9-11-22(12-10-21)26-6-2-3-7-27(26)32(36)37/h1-14,17-18,20,29H,15-16,19H2,(H,33,35)(H,36,37). The molecule has 3 aliphatic rings. The van der Waals surface area contributed by atoms with E-state index in [4.69, 9.17) is 9.47 Å². The third-order valence-electron chi connectivity index (χ3n) is 6.91. The lowest BCUT2D eigenvalue weighted by Crippen LogP contribution is -2.32. The minimum atomic E-state index is -0.944. The highest BCUT2D eigenvalue weighted by Gasteiger charge is 2.22. The second-order valence-corrected chi connectivity index (χ2v) is 9.47. The Labute approximate surface area is 226 Å². The number of nitrogens with zero attached hydrogens (tertiary/aromatic N) is 1. The summed E-state index contributed by atoms with van der Waals surface area (Å²) in [5, 5.41) is 12.4. The van der Waals surface area contributed by atoms with Gasteiger partial charge in [-0.25, -0.2) is 4.79 Å². The highest BCUT2D eigenvalue weighted by Crippen LogP contribution is 2.34. The Morgan fingerprint density at radius 3 is 2.72 bits per heavy atom. The van der Waals surface area contributed by atoms with Crippen LogP contribution in [-0.2, 0) is 11.3 Å². The molecule has 2 heterocycles. The van der Waals surface area contributed by atoms with E-state index in [1.165, 1.54) is 0 Å². The molecule has 0 bridgehead atoms. The number of anilines is 1. The van der Waals surface area contributed by atoms with Gasteiger partial charge in [-0.1, -0.05) is 60.7 Å². The fourth-order valence-corrected chi connectivity index (χ4v) is 4.93. The zero-order valence-corrected chi connectivity index (χ0v) is 21.0. The van der Waals surface area contributed by atoms with Crippen LogP contribution in [0.5, 0.6) is 5.75 Å². The number of benzene rings is 3. The average molecular weight is 519 g/mol. The van der Waals surface area contributed by atoms with Crippen LogP contribution in [0.2, 0.25) is 0 Å². The van der Waals surface area contributed by atoms with Gasteiger partial charge in [0.2, 0.25) is 0 Å². The second kappa shape index (κ2) is 10.4. The molecular weight excluding hydrogens is 492 g/mol. The van der Waals surface area contributed by atoms with E-state index in [-0.39, 0.29) is 17.6 Å². The van der Waals surface area contributed by atoms with Crippen molar-refractivity contribution in [2.75, 3.05) is 18.1 Å². The molecule has 0 spiro atoms. The van der Waals surface area contributed by atoms with Gasteiger partial charge in [0, 0.05) is 12.1 Å². The summed E-state index contributed by atoms with van der Waals surface area (Å²) in [7, 11) is 0. The number of hydrogen-bond acceptors (Lipinski definition) is 5. The van der Waals surface area contributed by atoms with Gasteiger partial charge in [0.1, 0.15) is 24.7 Å². The number of hydrogen-bond donors (Lipinski definition) is 2. The van der Waals surface area contributed by atoms with Gasteiger partial charge in [0.15, 0.2) is 0 Å². The summed E-state index contributed by atoms with van der Waals surface area (Å²) in [6.45, 7) is 1.88. The SMILES string of the molecule is O=C(NC1=COC2C=CC=CC2=C1)c1ccc2c(c1)OCCN2Cc1ccc(-c2ccccc2C(=O)O)cc1. The smallest absolute Gasteiger partial charge is 0.336 e. The van der Waals surface area contributed by atoms with Crippen LogP contribution in [0.3, 0.4) is 0 Å². The van der Waals surface area contributed by atoms with Gasteiger partial charge in [0.25, 0.3) is 5.91 Å². The first-order valence-corrected chi connectivity index (χ1v) is 12.7. The molecule has 1 unspecified atom stereocenters. The van der Waals surface area contributed by atoms with Crippen molar-refractivity contribution in [2.24, 2.45) is 0 Å². The maximum absolute atomic E-state index is 13.0. The normalized spacial score (nSPS) is 17.1. The van der Waals surface area contributed by atoms with Gasteiger partial charge in [-0.15, -0.1) is 0 Å². The van der Waals surface area contributed by atoms with Crippen molar-refractivity contribution >= 4 is 17.6 Å². The summed E-state index contributed by atoms with van der Waals surface area (Å²) >= 11 is 0. The predicted octanol–water partition coefficient (Wildman–Crippen LogP) is 5.47. The third kappa shape index (κ3) is 5.07. The van der Waals surface area contributed by atoms with Gasteiger partial charge in [-0.2, -0.15) is 0 Å². The van der Waals surface area contributed by atoms with Crippen LogP contribution in [0, 0.1) is 0 Å². The van der Waals surface area contributed by atoms with Crippen LogP contribution in [0.15, 0.2) is 115 Å². The summed E-state index contributed by atoms with van der Waals surface area (Å²) in [5.74, 6) is -0.523. The molecule has 2 N–H and O–H groups in total. The van der Waals surface area contributed by atoms with Crippen LogP contribution in [0.25, 0.3) is 11.1 Å². The molecular formula is C32H26N2O5. The van der Waals surface area contributed by atoms with Crippen LogP contribution < -0.4 is 15.0 Å². The zero-order chi connectivity index (χ0) is 26.8. The van der Waals surface area contributed by atoms with Crippen molar-refractivity contribution in [3.8, 4) is 16.9 Å². The van der Waals surface area contributed by atoms with Crippen molar-refractivity contribution in [3.05, 3.63) is 131 Å². The van der Waals surface area contributed by atoms with Crippen molar-refractivity contribution in [3.63, 3.8) is 0 Å². The summed E-state index contributed by atoms with van der Waals surface area (Å²) in [4.78, 5) is 26.8. The van der Waals surface area contributed by atoms with Gasteiger partial charge in [-0.05, 0) is 58.7 Å². The lowest BCUT2D eigenvalue weighted by Gasteiger charge is -2.31. The monoisotopic (exact) mass is 518 g/mol. The molecule has 194 valence electrons. The van der Waals surface area contributed by atoms with Gasteiger partial charge in [0.05, 0.1) is 23.5 Å². The third-order valence-corrected chi connectivity index (χ3v) is 6.91. The van der Waals surface area contributed by atoms with E-state index in [2.05, 4.69) is 10.2 Å². The molecule has 0 aromatic heterocycles. The van der Waals surface area contributed by atoms with Gasteiger partial charge in [-0.3, -0.25) is 4.79 Å². The van der Waals surface area contributed by atoms with E-state index in [9.17, 15) is 14.7 Å². The number of aromatic carboxylic acids is 1. The number of amides is 1. The quantitative estimate of drug-likeness (QED) is 0.450. The summed E-state index contributed by atoms with van der Waals surface area (Å²) in [6, 6.07) is 20.4. The zero-order valence-electron chi connectivity index (χ0n) is 21.0. The Bertz CT molecular complexity index is 1570. The number of carboxylic acids is 1. The van der Waals surface area contributed by atoms with Crippen molar-refractivity contribution in [2.45, 2.75) is 12.6 Å². The number of carbonyl (C=O) groups excluding carboxylic acids is 1. The molecule has 39 heavy (non-hydrogen) atoms. The summed E-state index contributed by atoms with van der Waals surface area (Å²) < 4.78 is 11.6. The number of rotatable bonds is 6. The van der Waals surface area contributed by atoms with Crippen molar-refractivity contribution in [1.82, 2.24) is 5.32 Å². The Morgan fingerprint density at radius 1 is 1.03 bits per heavy atom. The molecule has 1 aliphatic carbocycles. The maximum Gasteiger partial charge on any atom is 0.336 e. The van der Waals surface area contributed by atoms with Crippen LogP contribution in [-0.4, -0.2) is 36.2 Å². The number of nitrogens with one attached hydrogen (secondary N) is 1. The van der Waals surface area contributed by atoms with Crippen molar-refractivity contribution in [1.29, 1.82) is 0 Å². The van der Waals surface area contributed by atoms with E-state index in [1.807, 2.05) is 72.8 Å². The lowest BCUT2D eigenvalue weighted by atomic mass is 9.98. The topological polar surface area (TPSA) is 88.1 Å². The highest BCUT2D eigenvalue weighted by molar-refractivity contribution is 5.97. The van der Waals surface area contributed by atoms with Crippen molar-refractivity contribution < 1.29 is 24.2 Å². The molecule has 7 nitrogen and oxygen atoms in total. The fourth-order valence-electron chi connectivity index (χ4n) is 4.93. The summed E-state index contributed by atoms with van der Waals surface area (Å²) in [5.41, 5.74) is 5.92. The maximum atomic E-state index is 13.0. The first-order valence-electron chi connectivity index (χ1n) is 12.7. The van der Waals surface area contributed by atoms with E-state index < -0.39 is 5.97 Å². The minimum absolute atomic E-state index is 0.115. The van der Waals surface area contributed by atoms with E-state index >= 15 is 0 Å². The number of fused-ring (bicyclic) bond motifs is 2. The van der Waals surface area contributed by atoms with Crippen LogP contribution in [0.1, 0.15) is 26.3 Å². The van der Waals surface area contributed by atoms with Crippen LogP contribution in [0.4, 0.5) is 5.69 Å². The Balaban J connectivity index is 1.15. The van der Waals surface area contributed by atoms with E-state index in [0.29, 0.717) is 42.3 Å². The molecule has 0 radical (unpaired) electrons. The fraction of sp³-hybridized carbons (Fsp3) is 0.125. The highest BCUT2D eigenvalue weighted by atomic mass is 16.5. The molecule has 7 heteroatoms. The van der Waals surface area contributed by atoms with Gasteiger partial charge < -0.3 is 24.8 Å². The second-order valence-electron chi connectivity index (χ2n) is 9.47. The lowest BCUT2D eigenvalue weighted by molar-refractivity contribution is 0.0697. The molecule has 3 aromatic rings. The largest absolute Gasteiger partial charge is 0.490 e. The molecule has 1 atom stereocenters. The molecule has 3 aromatic carbocycles. The molecule has 0 saturated heterocycles. The van der Waals surface area contributed by atoms with Gasteiger partial charge >= 0.3 is 5.97 Å². The number of carbonyl (C=O) groups is 2. The molecule has 6 rings (SSSR count). The number of ether oxygens (including phenoxy) is 2. The first-order chi connectivity index (χ1) is 19.0. The Morgan fingerprint density at radius 2 is 1.87 bits per heavy atom. The molecule has 0 fully saturated rings. The minimum Gasteiger partial charge on any atom is -0.490 e. The number of carboxylic acid groups (broad SMARTS) is 1. The molecule has 2 aliphatic heterocycles. The first kappa shape index (κ1) is 24.3. The van der Waals surface area contributed by atoms with E-state index in [0.717, 1.165) is 22.4 Å². The van der Waals surface area contributed by atoms with E-state index in [1.54, 1.807) is 30.5 Å². The summed E-state index contributed by atoms with van der Waals surface area (Å²) in [6.07, 6.45) is 11.2. The average Bonchev–Trinajstić information content (AvgIpc) is 2.97. The van der Waals surface area contributed by atoms with Crippen LogP contribution >= 0.6 is 0 Å².